The van der Waals surface area contributed by atoms with Gasteiger partial charge in [0.15, 0.2) is 0 Å². The third-order valence-electron chi connectivity index (χ3n) is 3.82. The van der Waals surface area contributed by atoms with Crippen LogP contribution in [0.2, 0.25) is 0 Å². The minimum atomic E-state index is 0.650. The number of aryl methyl sites for hydroxylation is 2. The van der Waals surface area contributed by atoms with E-state index in [0.29, 0.717) is 6.04 Å². The zero-order chi connectivity index (χ0) is 13.8. The molecule has 1 aliphatic rings. The van der Waals surface area contributed by atoms with Crippen molar-refractivity contribution in [2.24, 2.45) is 0 Å². The Bertz CT molecular complexity index is 410. The number of halogens is 1. The summed E-state index contributed by atoms with van der Waals surface area (Å²) in [6, 6.07) is 0.650. The molecular weight excluding hydrogens is 304 g/mol. The minimum absolute atomic E-state index is 0.650. The lowest BCUT2D eigenvalue weighted by Gasteiger charge is -2.28. The van der Waals surface area contributed by atoms with E-state index < -0.39 is 0 Å². The van der Waals surface area contributed by atoms with Gasteiger partial charge in [-0.05, 0) is 56.2 Å². The monoisotopic (exact) mass is 328 g/mol. The Labute approximate surface area is 124 Å². The second kappa shape index (κ2) is 6.86. The average Bonchev–Trinajstić information content (AvgIpc) is 2.67. The van der Waals surface area contributed by atoms with Gasteiger partial charge in [0, 0.05) is 25.7 Å². The number of hydrogen-bond donors (Lipinski definition) is 1. The molecule has 1 aliphatic heterocycles. The van der Waals surface area contributed by atoms with Crippen LogP contribution in [0.5, 0.6) is 0 Å². The Morgan fingerprint density at radius 2 is 2.26 bits per heavy atom. The van der Waals surface area contributed by atoms with Crippen LogP contribution in [0.4, 0.5) is 0 Å². The standard InChI is InChI=1S/C14H25BrN4/c1-4-19-13(14(15)11(2)17-19)10-18(3)9-12-7-5-6-8-16-12/h12,16H,4-10H2,1-3H3. The summed E-state index contributed by atoms with van der Waals surface area (Å²) in [7, 11) is 2.20. The third kappa shape index (κ3) is 3.80. The van der Waals surface area contributed by atoms with Crippen LogP contribution in [0.3, 0.4) is 0 Å². The molecule has 0 spiro atoms. The Morgan fingerprint density at radius 1 is 1.47 bits per heavy atom. The van der Waals surface area contributed by atoms with Crippen LogP contribution >= 0.6 is 15.9 Å². The zero-order valence-corrected chi connectivity index (χ0v) is 13.8. The van der Waals surface area contributed by atoms with Crippen molar-refractivity contribution in [3.63, 3.8) is 0 Å². The van der Waals surface area contributed by atoms with Crippen molar-refractivity contribution in [3.8, 4) is 0 Å². The first-order valence-corrected chi connectivity index (χ1v) is 8.04. The van der Waals surface area contributed by atoms with Gasteiger partial charge in [0.05, 0.1) is 15.9 Å². The summed E-state index contributed by atoms with van der Waals surface area (Å²) in [5.74, 6) is 0. The largest absolute Gasteiger partial charge is 0.313 e. The van der Waals surface area contributed by atoms with E-state index in [1.54, 1.807) is 0 Å². The number of nitrogens with one attached hydrogen (secondary N) is 1. The second-order valence-electron chi connectivity index (χ2n) is 5.51. The molecule has 0 radical (unpaired) electrons. The van der Waals surface area contributed by atoms with E-state index in [4.69, 9.17) is 0 Å². The maximum atomic E-state index is 4.56. The Kier molecular flexibility index (Phi) is 5.42. The predicted molar refractivity (Wildman–Crippen MR) is 82.3 cm³/mol. The van der Waals surface area contributed by atoms with Crippen LogP contribution in [0.1, 0.15) is 37.6 Å². The highest BCUT2D eigenvalue weighted by molar-refractivity contribution is 9.10. The third-order valence-corrected chi connectivity index (χ3v) is 4.85. The molecule has 1 unspecified atom stereocenters. The quantitative estimate of drug-likeness (QED) is 0.901. The molecule has 1 aromatic heterocycles. The maximum Gasteiger partial charge on any atom is 0.0739 e. The topological polar surface area (TPSA) is 33.1 Å². The average molecular weight is 329 g/mol. The zero-order valence-electron chi connectivity index (χ0n) is 12.2. The van der Waals surface area contributed by atoms with Crippen molar-refractivity contribution >= 4 is 15.9 Å². The Hall–Kier alpha value is -0.390. The van der Waals surface area contributed by atoms with Gasteiger partial charge < -0.3 is 5.32 Å². The Morgan fingerprint density at radius 3 is 2.89 bits per heavy atom. The normalized spacial score (nSPS) is 20.2. The molecular formula is C14H25BrN4. The van der Waals surface area contributed by atoms with E-state index in [-0.39, 0.29) is 0 Å². The van der Waals surface area contributed by atoms with Crippen LogP contribution in [0.25, 0.3) is 0 Å². The molecule has 1 N–H and O–H groups in total. The first kappa shape index (κ1) is 15.0. The van der Waals surface area contributed by atoms with Crippen molar-refractivity contribution in [2.75, 3.05) is 20.1 Å². The molecule has 2 rings (SSSR count). The lowest BCUT2D eigenvalue weighted by Crippen LogP contribution is -2.42. The summed E-state index contributed by atoms with van der Waals surface area (Å²) in [4.78, 5) is 2.40. The molecule has 0 saturated carbocycles. The van der Waals surface area contributed by atoms with Crippen LogP contribution in [0, 0.1) is 6.92 Å². The van der Waals surface area contributed by atoms with Crippen LogP contribution < -0.4 is 5.32 Å². The van der Waals surface area contributed by atoms with Crippen LogP contribution in [0.15, 0.2) is 4.47 Å². The fourth-order valence-electron chi connectivity index (χ4n) is 2.80. The summed E-state index contributed by atoms with van der Waals surface area (Å²) in [6.07, 6.45) is 3.99. The second-order valence-corrected chi connectivity index (χ2v) is 6.30. The van der Waals surface area contributed by atoms with Gasteiger partial charge in [0.25, 0.3) is 0 Å². The fraction of sp³-hybridized carbons (Fsp3) is 0.786. The van der Waals surface area contributed by atoms with Crippen LogP contribution in [-0.4, -0.2) is 40.9 Å². The number of nitrogens with zero attached hydrogens (tertiary/aromatic N) is 3. The number of rotatable bonds is 5. The smallest absolute Gasteiger partial charge is 0.0739 e. The lowest BCUT2D eigenvalue weighted by atomic mass is 10.0. The van der Waals surface area contributed by atoms with Gasteiger partial charge in [-0.15, -0.1) is 0 Å². The van der Waals surface area contributed by atoms with Gasteiger partial charge >= 0.3 is 0 Å². The first-order chi connectivity index (χ1) is 9.11. The van der Waals surface area contributed by atoms with Crippen molar-refractivity contribution in [1.29, 1.82) is 0 Å². The van der Waals surface area contributed by atoms with Crippen LogP contribution in [-0.2, 0) is 13.1 Å². The molecule has 0 bridgehead atoms. The fourth-order valence-corrected chi connectivity index (χ4v) is 3.21. The summed E-state index contributed by atoms with van der Waals surface area (Å²) in [5, 5.41) is 8.16. The number of piperidine rings is 1. The summed E-state index contributed by atoms with van der Waals surface area (Å²) in [6.45, 7) is 8.37. The van der Waals surface area contributed by atoms with Crippen molar-refractivity contribution in [3.05, 3.63) is 15.9 Å². The molecule has 1 saturated heterocycles. The number of likely N-dealkylation sites (N-methyl/N-ethyl adjacent to an activating group) is 1. The molecule has 0 aliphatic carbocycles. The summed E-state index contributed by atoms with van der Waals surface area (Å²) < 4.78 is 3.27. The molecule has 1 atom stereocenters. The Balaban J connectivity index is 1.96. The minimum Gasteiger partial charge on any atom is -0.313 e. The van der Waals surface area contributed by atoms with E-state index >= 15 is 0 Å². The lowest BCUT2D eigenvalue weighted by molar-refractivity contribution is 0.250. The SMILES string of the molecule is CCn1nc(C)c(Br)c1CN(C)CC1CCCCN1. The van der Waals surface area contributed by atoms with Gasteiger partial charge in [-0.2, -0.15) is 5.10 Å². The van der Waals surface area contributed by atoms with Gasteiger partial charge in [-0.3, -0.25) is 9.58 Å². The van der Waals surface area contributed by atoms with Gasteiger partial charge in [0.1, 0.15) is 0 Å². The van der Waals surface area contributed by atoms with E-state index in [1.165, 1.54) is 31.5 Å². The number of hydrogen-bond acceptors (Lipinski definition) is 3. The highest BCUT2D eigenvalue weighted by atomic mass is 79.9. The summed E-state index contributed by atoms with van der Waals surface area (Å²) in [5.41, 5.74) is 2.37. The molecule has 0 aromatic carbocycles. The first-order valence-electron chi connectivity index (χ1n) is 7.25. The predicted octanol–water partition coefficient (Wildman–Crippen LogP) is 2.55. The molecule has 1 fully saturated rings. The highest BCUT2D eigenvalue weighted by Gasteiger charge is 2.18. The number of aromatic nitrogens is 2. The van der Waals surface area contributed by atoms with Gasteiger partial charge in [-0.25, -0.2) is 0 Å². The highest BCUT2D eigenvalue weighted by Crippen LogP contribution is 2.22. The molecule has 2 heterocycles. The molecule has 5 heteroatoms. The molecule has 108 valence electrons. The van der Waals surface area contributed by atoms with Crippen molar-refractivity contribution < 1.29 is 0 Å². The van der Waals surface area contributed by atoms with Crippen molar-refractivity contribution in [1.82, 2.24) is 20.0 Å². The molecule has 1 aromatic rings. The summed E-state index contributed by atoms with van der Waals surface area (Å²) >= 11 is 3.67. The molecule has 4 nitrogen and oxygen atoms in total. The van der Waals surface area contributed by atoms with Gasteiger partial charge in [0.2, 0.25) is 0 Å². The maximum absolute atomic E-state index is 4.56. The van der Waals surface area contributed by atoms with Crippen molar-refractivity contribution in [2.45, 2.75) is 52.2 Å². The van der Waals surface area contributed by atoms with Gasteiger partial charge in [-0.1, -0.05) is 6.42 Å². The molecule has 19 heavy (non-hydrogen) atoms. The van der Waals surface area contributed by atoms with E-state index in [0.717, 1.165) is 29.8 Å². The van der Waals surface area contributed by atoms with E-state index in [9.17, 15) is 0 Å². The van der Waals surface area contributed by atoms with E-state index in [2.05, 4.69) is 56.8 Å². The van der Waals surface area contributed by atoms with E-state index in [1.807, 2.05) is 0 Å². The molecule has 0 amide bonds.